The van der Waals surface area contributed by atoms with Crippen molar-refractivity contribution in [1.29, 1.82) is 0 Å². The zero-order chi connectivity index (χ0) is 25.3. The van der Waals surface area contributed by atoms with E-state index < -0.39 is 0 Å². The van der Waals surface area contributed by atoms with E-state index in [2.05, 4.69) is 71.3 Å². The van der Waals surface area contributed by atoms with Crippen LogP contribution in [0.1, 0.15) is 55.7 Å². The maximum atomic E-state index is 13.6. The number of carbonyl (C=O) groups is 2. The Morgan fingerprint density at radius 3 is 2.17 bits per heavy atom. The van der Waals surface area contributed by atoms with Crippen LogP contribution in [-0.4, -0.2) is 65.8 Å². The number of piperidine rings is 2. The fourth-order valence-electron chi connectivity index (χ4n) is 5.73. The Morgan fingerprint density at radius 2 is 1.53 bits per heavy atom. The van der Waals surface area contributed by atoms with Crippen molar-refractivity contribution in [1.82, 2.24) is 14.7 Å². The average molecular weight is 490 g/mol. The molecule has 5 heteroatoms. The minimum Gasteiger partial charge on any atom is -0.343 e. The first-order chi connectivity index (χ1) is 17.5. The normalized spacial score (nSPS) is 17.8. The van der Waals surface area contributed by atoms with Crippen LogP contribution in [0.2, 0.25) is 0 Å². The van der Waals surface area contributed by atoms with Crippen molar-refractivity contribution in [2.45, 2.75) is 58.9 Å². The lowest BCUT2D eigenvalue weighted by Gasteiger charge is -2.35. The van der Waals surface area contributed by atoms with Crippen molar-refractivity contribution in [3.63, 3.8) is 0 Å². The van der Waals surface area contributed by atoms with Crippen LogP contribution in [0.4, 0.5) is 0 Å². The van der Waals surface area contributed by atoms with Crippen molar-refractivity contribution in [2.75, 3.05) is 39.3 Å². The van der Waals surface area contributed by atoms with Gasteiger partial charge in [0.15, 0.2) is 0 Å². The summed E-state index contributed by atoms with van der Waals surface area (Å²) in [6.45, 7) is 9.95. The van der Waals surface area contributed by atoms with E-state index in [0.29, 0.717) is 19.6 Å². The van der Waals surface area contributed by atoms with Crippen LogP contribution in [0.25, 0.3) is 0 Å². The molecule has 0 saturated carbocycles. The first-order valence-electron chi connectivity index (χ1n) is 13.8. The lowest BCUT2D eigenvalue weighted by Crippen LogP contribution is -2.44. The molecule has 2 aliphatic heterocycles. The van der Waals surface area contributed by atoms with Crippen molar-refractivity contribution in [3.8, 4) is 0 Å². The van der Waals surface area contributed by atoms with Gasteiger partial charge in [0.2, 0.25) is 11.8 Å². The van der Waals surface area contributed by atoms with Crippen molar-refractivity contribution >= 4 is 11.8 Å². The molecule has 0 spiro atoms. The molecule has 0 N–H and O–H groups in total. The third-order valence-electron chi connectivity index (χ3n) is 8.07. The third-order valence-corrected chi connectivity index (χ3v) is 8.07. The molecular formula is C31H43N3O2. The maximum Gasteiger partial charge on any atom is 0.226 e. The van der Waals surface area contributed by atoms with Gasteiger partial charge >= 0.3 is 0 Å². The van der Waals surface area contributed by atoms with Crippen LogP contribution < -0.4 is 0 Å². The van der Waals surface area contributed by atoms with Gasteiger partial charge in [-0.3, -0.25) is 9.59 Å². The Bertz CT molecular complexity index is 959. The van der Waals surface area contributed by atoms with E-state index in [1.54, 1.807) is 6.92 Å². The first-order valence-corrected chi connectivity index (χ1v) is 13.8. The number of likely N-dealkylation sites (tertiary alicyclic amines) is 2. The molecule has 0 aliphatic carbocycles. The van der Waals surface area contributed by atoms with Crippen LogP contribution in [0, 0.1) is 18.8 Å². The predicted molar refractivity (Wildman–Crippen MR) is 146 cm³/mol. The number of hydrogen-bond donors (Lipinski definition) is 0. The number of rotatable bonds is 9. The summed E-state index contributed by atoms with van der Waals surface area (Å²) in [4.78, 5) is 31.8. The highest BCUT2D eigenvalue weighted by Crippen LogP contribution is 2.23. The Labute approximate surface area is 217 Å². The highest BCUT2D eigenvalue weighted by molar-refractivity contribution is 5.79. The summed E-state index contributed by atoms with van der Waals surface area (Å²) in [5, 5.41) is 0. The fourth-order valence-corrected chi connectivity index (χ4v) is 5.73. The fraction of sp³-hybridized carbons (Fsp3) is 0.548. The molecule has 2 saturated heterocycles. The Morgan fingerprint density at radius 1 is 0.861 bits per heavy atom. The van der Waals surface area contributed by atoms with Crippen LogP contribution in [0.3, 0.4) is 0 Å². The van der Waals surface area contributed by atoms with Crippen molar-refractivity contribution < 1.29 is 9.59 Å². The molecule has 2 aromatic carbocycles. The standard InChI is InChI=1S/C31H43N3O2/c1-25-9-11-29(12-10-25)24-34(31(36)30-15-21-33(22-16-30)26(2)35)18-6-17-32-19-13-28(14-20-32)23-27-7-4-3-5-8-27/h3-5,7-12,28,30H,6,13-24H2,1-2H3. The summed E-state index contributed by atoms with van der Waals surface area (Å²) in [6, 6.07) is 19.4. The SMILES string of the molecule is CC(=O)N1CCC(C(=O)N(CCCN2CCC(Cc3ccccc3)CC2)Cc2ccc(C)cc2)CC1. The molecule has 0 aromatic heterocycles. The second kappa shape index (κ2) is 13.0. The topological polar surface area (TPSA) is 43.9 Å². The molecule has 2 aromatic rings. The Hall–Kier alpha value is -2.66. The molecule has 0 radical (unpaired) electrons. The molecule has 0 unspecified atom stereocenters. The predicted octanol–water partition coefficient (Wildman–Crippen LogP) is 4.93. The molecule has 194 valence electrons. The van der Waals surface area contributed by atoms with Gasteiger partial charge in [-0.1, -0.05) is 60.2 Å². The van der Waals surface area contributed by atoms with Crippen LogP contribution in [-0.2, 0) is 22.6 Å². The van der Waals surface area contributed by atoms with Crippen LogP contribution in [0.15, 0.2) is 54.6 Å². The zero-order valence-corrected chi connectivity index (χ0v) is 22.2. The number of nitrogens with zero attached hydrogens (tertiary/aromatic N) is 3. The molecule has 2 fully saturated rings. The number of aryl methyl sites for hydroxylation is 1. The molecule has 36 heavy (non-hydrogen) atoms. The quantitative estimate of drug-likeness (QED) is 0.502. The van der Waals surface area contributed by atoms with E-state index in [4.69, 9.17) is 0 Å². The van der Waals surface area contributed by atoms with Crippen LogP contribution in [0.5, 0.6) is 0 Å². The monoisotopic (exact) mass is 489 g/mol. The second-order valence-electron chi connectivity index (χ2n) is 10.9. The van der Waals surface area contributed by atoms with E-state index in [0.717, 1.165) is 51.4 Å². The Kier molecular flexibility index (Phi) is 9.57. The molecule has 5 nitrogen and oxygen atoms in total. The van der Waals surface area contributed by atoms with Crippen molar-refractivity contribution in [2.24, 2.45) is 11.8 Å². The van der Waals surface area contributed by atoms with Gasteiger partial charge in [-0.05, 0) is 82.1 Å². The molecule has 2 aliphatic rings. The molecule has 0 atom stereocenters. The summed E-state index contributed by atoms with van der Waals surface area (Å²) < 4.78 is 0. The molecule has 2 heterocycles. The van der Waals surface area contributed by atoms with Crippen LogP contribution >= 0.6 is 0 Å². The van der Waals surface area contributed by atoms with Crippen molar-refractivity contribution in [3.05, 3.63) is 71.3 Å². The van der Waals surface area contributed by atoms with E-state index in [1.807, 2.05) is 4.90 Å². The maximum absolute atomic E-state index is 13.6. The second-order valence-corrected chi connectivity index (χ2v) is 10.9. The van der Waals surface area contributed by atoms with Gasteiger partial charge < -0.3 is 14.7 Å². The minimum absolute atomic E-state index is 0.0276. The summed E-state index contributed by atoms with van der Waals surface area (Å²) in [5.41, 5.74) is 3.89. The van der Waals surface area contributed by atoms with Gasteiger partial charge in [-0.25, -0.2) is 0 Å². The smallest absolute Gasteiger partial charge is 0.226 e. The average Bonchev–Trinajstić information content (AvgIpc) is 2.90. The molecular weight excluding hydrogens is 446 g/mol. The summed E-state index contributed by atoms with van der Waals surface area (Å²) in [7, 11) is 0. The highest BCUT2D eigenvalue weighted by atomic mass is 16.2. The lowest BCUT2D eigenvalue weighted by molar-refractivity contribution is -0.140. The number of carbonyl (C=O) groups excluding carboxylic acids is 2. The lowest BCUT2D eigenvalue weighted by atomic mass is 9.90. The summed E-state index contributed by atoms with van der Waals surface area (Å²) >= 11 is 0. The highest BCUT2D eigenvalue weighted by Gasteiger charge is 2.29. The number of hydrogen-bond acceptors (Lipinski definition) is 3. The zero-order valence-electron chi connectivity index (χ0n) is 22.2. The molecule has 2 amide bonds. The van der Waals surface area contributed by atoms with E-state index in [-0.39, 0.29) is 17.7 Å². The number of benzene rings is 2. The molecule has 0 bridgehead atoms. The summed E-state index contributed by atoms with van der Waals surface area (Å²) in [5.74, 6) is 1.19. The van der Waals surface area contributed by atoms with Gasteiger partial charge in [0.1, 0.15) is 0 Å². The van der Waals surface area contributed by atoms with Gasteiger partial charge in [-0.2, -0.15) is 0 Å². The van der Waals surface area contributed by atoms with Gasteiger partial charge in [0.05, 0.1) is 0 Å². The number of amides is 2. The largest absolute Gasteiger partial charge is 0.343 e. The third kappa shape index (κ3) is 7.67. The van der Waals surface area contributed by atoms with E-state index in [9.17, 15) is 9.59 Å². The van der Waals surface area contributed by atoms with Gasteiger partial charge in [0.25, 0.3) is 0 Å². The van der Waals surface area contributed by atoms with Gasteiger partial charge in [-0.15, -0.1) is 0 Å². The minimum atomic E-state index is 0.0276. The summed E-state index contributed by atoms with van der Waals surface area (Å²) in [6.07, 6.45) is 6.27. The first kappa shape index (κ1) is 26.4. The van der Waals surface area contributed by atoms with Gasteiger partial charge in [0, 0.05) is 39.0 Å². The molecule has 4 rings (SSSR count). The van der Waals surface area contributed by atoms with E-state index >= 15 is 0 Å². The van der Waals surface area contributed by atoms with E-state index in [1.165, 1.54) is 36.0 Å². The Balaban J connectivity index is 1.27.